The highest BCUT2D eigenvalue weighted by Crippen LogP contribution is 2.31. The van der Waals surface area contributed by atoms with Gasteiger partial charge in [0.15, 0.2) is 0 Å². The fourth-order valence-electron chi connectivity index (χ4n) is 3.64. The number of benzene rings is 2. The molecule has 1 aliphatic heterocycles. The van der Waals surface area contributed by atoms with Crippen molar-refractivity contribution in [2.75, 3.05) is 13.2 Å². The Kier molecular flexibility index (Phi) is 4.55. The minimum Gasteiger partial charge on any atom is -0.491 e. The van der Waals surface area contributed by atoms with Gasteiger partial charge in [0.25, 0.3) is 5.91 Å². The molecule has 3 aromatic rings. The second kappa shape index (κ2) is 6.91. The van der Waals surface area contributed by atoms with Crippen LogP contribution in [0.3, 0.4) is 0 Å². The molecule has 1 aliphatic rings. The molecule has 6 nitrogen and oxygen atoms in total. The molecule has 28 heavy (non-hydrogen) atoms. The monoisotopic (exact) mass is 382 g/mol. The third-order valence-corrected chi connectivity index (χ3v) is 5.03. The number of carbonyl (C=O) groups excluding carboxylic acids is 1. The van der Waals surface area contributed by atoms with Crippen LogP contribution in [0.2, 0.25) is 0 Å². The molecule has 0 unspecified atom stereocenters. The molecule has 4 rings (SSSR count). The molecule has 0 fully saturated rings. The highest BCUT2D eigenvalue weighted by atomic mass is 19.1. The molecular weight excluding hydrogens is 359 g/mol. The second-order valence-electron chi connectivity index (χ2n) is 7.50. The molecule has 0 radical (unpaired) electrons. The van der Waals surface area contributed by atoms with E-state index in [4.69, 9.17) is 4.74 Å². The smallest absolute Gasteiger partial charge is 0.255 e. The third kappa shape index (κ3) is 3.11. The molecule has 0 spiro atoms. The number of ether oxygens (including phenoxy) is 1. The molecule has 1 aromatic heterocycles. The standard InChI is InChI=1S/C21H23FN4O2/c1-21(2,19-17-15(22)8-5-9-16(17)26(3)25-19)24-20(27)14-7-4-6-13-12-23-10-11-28-18(13)14/h4-9,23H,10-12H2,1-3H3,(H,24,27). The number of para-hydroxylation sites is 1. The van der Waals surface area contributed by atoms with Crippen molar-refractivity contribution in [1.82, 2.24) is 20.4 Å². The van der Waals surface area contributed by atoms with Crippen molar-refractivity contribution in [2.45, 2.75) is 25.9 Å². The lowest BCUT2D eigenvalue weighted by Gasteiger charge is -2.25. The predicted octanol–water partition coefficient (Wildman–Crippen LogP) is 2.86. The number of hydrogen-bond donors (Lipinski definition) is 2. The van der Waals surface area contributed by atoms with E-state index >= 15 is 0 Å². The number of amides is 1. The van der Waals surface area contributed by atoms with E-state index in [1.807, 2.05) is 32.0 Å². The molecule has 146 valence electrons. The molecule has 0 bridgehead atoms. The summed E-state index contributed by atoms with van der Waals surface area (Å²) in [7, 11) is 1.76. The average molecular weight is 382 g/mol. The second-order valence-corrected chi connectivity index (χ2v) is 7.50. The van der Waals surface area contributed by atoms with Crippen molar-refractivity contribution < 1.29 is 13.9 Å². The number of nitrogens with zero attached hydrogens (tertiary/aromatic N) is 2. The summed E-state index contributed by atoms with van der Waals surface area (Å²) in [5.74, 6) is -0.0392. The Labute approximate surface area is 162 Å². The maximum atomic E-state index is 14.5. The highest BCUT2D eigenvalue weighted by molar-refractivity contribution is 5.98. The zero-order valence-corrected chi connectivity index (χ0v) is 16.2. The number of fused-ring (bicyclic) bond motifs is 2. The molecular formula is C21H23FN4O2. The van der Waals surface area contributed by atoms with Crippen LogP contribution in [-0.4, -0.2) is 28.8 Å². The average Bonchev–Trinajstić information content (AvgIpc) is 2.85. The number of hydrogen-bond acceptors (Lipinski definition) is 4. The number of rotatable bonds is 3. The van der Waals surface area contributed by atoms with E-state index in [-0.39, 0.29) is 11.7 Å². The van der Waals surface area contributed by atoms with Gasteiger partial charge in [-0.2, -0.15) is 5.10 Å². The van der Waals surface area contributed by atoms with Gasteiger partial charge in [-0.15, -0.1) is 0 Å². The van der Waals surface area contributed by atoms with Crippen molar-refractivity contribution in [3.63, 3.8) is 0 Å². The number of halogens is 1. The lowest BCUT2D eigenvalue weighted by Crippen LogP contribution is -2.41. The minimum absolute atomic E-state index is 0.279. The molecule has 7 heteroatoms. The van der Waals surface area contributed by atoms with Crippen LogP contribution in [0.15, 0.2) is 36.4 Å². The number of aryl methyl sites for hydroxylation is 1. The Morgan fingerprint density at radius 1 is 1.29 bits per heavy atom. The molecule has 2 aromatic carbocycles. The van der Waals surface area contributed by atoms with E-state index < -0.39 is 5.54 Å². The summed E-state index contributed by atoms with van der Waals surface area (Å²) in [4.78, 5) is 13.1. The maximum Gasteiger partial charge on any atom is 0.255 e. The van der Waals surface area contributed by atoms with Crippen LogP contribution in [0, 0.1) is 5.82 Å². The first kappa shape index (κ1) is 18.4. The fraction of sp³-hybridized carbons (Fsp3) is 0.333. The van der Waals surface area contributed by atoms with Crippen LogP contribution >= 0.6 is 0 Å². The highest BCUT2D eigenvalue weighted by Gasteiger charge is 2.31. The molecule has 0 aliphatic carbocycles. The first-order valence-corrected chi connectivity index (χ1v) is 9.28. The van der Waals surface area contributed by atoms with Gasteiger partial charge in [-0.05, 0) is 32.0 Å². The van der Waals surface area contributed by atoms with Gasteiger partial charge < -0.3 is 15.4 Å². The Morgan fingerprint density at radius 3 is 2.89 bits per heavy atom. The van der Waals surface area contributed by atoms with Crippen LogP contribution in [0.1, 0.15) is 35.5 Å². The molecule has 0 saturated heterocycles. The van der Waals surface area contributed by atoms with Gasteiger partial charge in [-0.3, -0.25) is 9.48 Å². The summed E-state index contributed by atoms with van der Waals surface area (Å²) in [5.41, 5.74) is 1.69. The Balaban J connectivity index is 1.71. The zero-order valence-electron chi connectivity index (χ0n) is 16.2. The molecule has 2 N–H and O–H groups in total. The van der Waals surface area contributed by atoms with E-state index in [1.165, 1.54) is 6.07 Å². The molecule has 1 amide bonds. The van der Waals surface area contributed by atoms with E-state index in [1.54, 1.807) is 23.9 Å². The Hall–Kier alpha value is -2.93. The van der Waals surface area contributed by atoms with Crippen LogP contribution in [0.5, 0.6) is 5.75 Å². The van der Waals surface area contributed by atoms with Gasteiger partial charge in [0, 0.05) is 25.7 Å². The lowest BCUT2D eigenvalue weighted by atomic mass is 9.96. The predicted molar refractivity (Wildman–Crippen MR) is 105 cm³/mol. The van der Waals surface area contributed by atoms with Gasteiger partial charge in [0.05, 0.1) is 27.7 Å². The van der Waals surface area contributed by atoms with Crippen LogP contribution in [-0.2, 0) is 19.1 Å². The summed E-state index contributed by atoms with van der Waals surface area (Å²) >= 11 is 0. The van der Waals surface area contributed by atoms with Gasteiger partial charge in [0.1, 0.15) is 18.2 Å². The van der Waals surface area contributed by atoms with E-state index in [9.17, 15) is 9.18 Å². The van der Waals surface area contributed by atoms with Crippen molar-refractivity contribution in [2.24, 2.45) is 7.05 Å². The summed E-state index contributed by atoms with van der Waals surface area (Å²) in [5, 5.41) is 11.2. The minimum atomic E-state index is -0.884. The SMILES string of the molecule is Cn1nc(C(C)(C)NC(=O)c2cccc3c2OCCNC3)c2c(F)cccc21. The van der Waals surface area contributed by atoms with Gasteiger partial charge in [0.2, 0.25) is 0 Å². The van der Waals surface area contributed by atoms with E-state index in [2.05, 4.69) is 15.7 Å². The Morgan fingerprint density at radius 2 is 2.07 bits per heavy atom. The summed E-state index contributed by atoms with van der Waals surface area (Å²) in [6, 6.07) is 10.4. The first-order valence-electron chi connectivity index (χ1n) is 9.28. The molecule has 0 saturated carbocycles. The first-order chi connectivity index (χ1) is 13.4. The van der Waals surface area contributed by atoms with Gasteiger partial charge in [-0.1, -0.05) is 18.2 Å². The van der Waals surface area contributed by atoms with Crippen LogP contribution in [0.25, 0.3) is 10.9 Å². The van der Waals surface area contributed by atoms with Gasteiger partial charge in [-0.25, -0.2) is 4.39 Å². The van der Waals surface area contributed by atoms with Crippen molar-refractivity contribution in [1.29, 1.82) is 0 Å². The number of aromatic nitrogens is 2. The zero-order chi connectivity index (χ0) is 19.9. The number of carbonyl (C=O) groups is 1. The van der Waals surface area contributed by atoms with Crippen LogP contribution in [0.4, 0.5) is 4.39 Å². The normalized spacial score (nSPS) is 14.3. The fourth-order valence-corrected chi connectivity index (χ4v) is 3.64. The van der Waals surface area contributed by atoms with Crippen molar-refractivity contribution in [3.05, 3.63) is 59.0 Å². The number of nitrogens with one attached hydrogen (secondary N) is 2. The van der Waals surface area contributed by atoms with Crippen molar-refractivity contribution >= 4 is 16.8 Å². The third-order valence-electron chi connectivity index (χ3n) is 5.03. The quantitative estimate of drug-likeness (QED) is 0.731. The van der Waals surface area contributed by atoms with E-state index in [0.717, 1.165) is 12.1 Å². The van der Waals surface area contributed by atoms with Crippen LogP contribution < -0.4 is 15.4 Å². The van der Waals surface area contributed by atoms with Crippen molar-refractivity contribution in [3.8, 4) is 5.75 Å². The molecule has 0 atom stereocenters. The topological polar surface area (TPSA) is 68.2 Å². The van der Waals surface area contributed by atoms with E-state index in [0.29, 0.717) is 41.1 Å². The lowest BCUT2D eigenvalue weighted by molar-refractivity contribution is 0.0906. The largest absolute Gasteiger partial charge is 0.491 e. The summed E-state index contributed by atoms with van der Waals surface area (Å²) in [6.45, 7) is 5.51. The maximum absolute atomic E-state index is 14.5. The van der Waals surface area contributed by atoms with Gasteiger partial charge >= 0.3 is 0 Å². The summed E-state index contributed by atoms with van der Waals surface area (Å²) in [6.07, 6.45) is 0. The molecule has 2 heterocycles. The summed E-state index contributed by atoms with van der Waals surface area (Å²) < 4.78 is 22.0. The Bertz CT molecular complexity index is 1060.